The van der Waals surface area contributed by atoms with E-state index in [0.29, 0.717) is 18.2 Å². The normalized spacial score (nSPS) is 26.3. The Morgan fingerprint density at radius 2 is 2.41 bits per heavy atom. The average molecular weight is 318 g/mol. The Morgan fingerprint density at radius 1 is 1.59 bits per heavy atom. The Hall–Kier alpha value is 0.1000. The van der Waals surface area contributed by atoms with Crippen LogP contribution in [0.25, 0.3) is 0 Å². The van der Waals surface area contributed by atoms with Gasteiger partial charge >= 0.3 is 0 Å². The predicted octanol–water partition coefficient (Wildman–Crippen LogP) is 3.60. The van der Waals surface area contributed by atoms with Crippen molar-refractivity contribution in [3.05, 3.63) is 20.8 Å². The number of hydrogen-bond donors (Lipinski definition) is 1. The quantitative estimate of drug-likeness (QED) is 0.896. The van der Waals surface area contributed by atoms with Crippen LogP contribution in [0.1, 0.15) is 31.6 Å². The van der Waals surface area contributed by atoms with E-state index in [1.165, 1.54) is 22.2 Å². The Morgan fingerprint density at radius 3 is 2.94 bits per heavy atom. The van der Waals surface area contributed by atoms with E-state index in [9.17, 15) is 0 Å². The molecule has 17 heavy (non-hydrogen) atoms. The average Bonchev–Trinajstić information content (AvgIpc) is 2.88. The zero-order valence-electron chi connectivity index (χ0n) is 10.4. The van der Waals surface area contributed by atoms with Crippen LogP contribution in [0.15, 0.2) is 15.9 Å². The minimum Gasteiger partial charge on any atom is -0.374 e. The van der Waals surface area contributed by atoms with Crippen LogP contribution in [0.5, 0.6) is 0 Å². The molecule has 0 bridgehead atoms. The van der Waals surface area contributed by atoms with Crippen LogP contribution >= 0.6 is 27.3 Å². The lowest BCUT2D eigenvalue weighted by Crippen LogP contribution is -2.41. The Kier molecular flexibility index (Phi) is 5.03. The SMILES string of the molecule is CCNC(Cc1sccc1Br)C1CCC(C)O1. The fourth-order valence-corrected chi connectivity index (χ4v) is 3.97. The van der Waals surface area contributed by atoms with Crippen molar-refractivity contribution in [2.75, 3.05) is 6.54 Å². The van der Waals surface area contributed by atoms with Crippen LogP contribution in [0.4, 0.5) is 0 Å². The zero-order chi connectivity index (χ0) is 12.3. The molecule has 0 amide bonds. The molecule has 2 rings (SSSR count). The zero-order valence-corrected chi connectivity index (χ0v) is 12.8. The van der Waals surface area contributed by atoms with Gasteiger partial charge < -0.3 is 10.1 Å². The van der Waals surface area contributed by atoms with Crippen LogP contribution in [0.2, 0.25) is 0 Å². The van der Waals surface area contributed by atoms with E-state index in [2.05, 4.69) is 46.5 Å². The second-order valence-corrected chi connectivity index (χ2v) is 6.48. The van der Waals surface area contributed by atoms with Crippen LogP contribution in [0, 0.1) is 0 Å². The fraction of sp³-hybridized carbons (Fsp3) is 0.692. The molecule has 1 aliphatic heterocycles. The summed E-state index contributed by atoms with van der Waals surface area (Å²) in [5, 5.41) is 5.71. The van der Waals surface area contributed by atoms with Gasteiger partial charge in [-0.15, -0.1) is 11.3 Å². The maximum Gasteiger partial charge on any atom is 0.0736 e. The second kappa shape index (κ2) is 6.32. The fourth-order valence-electron chi connectivity index (χ4n) is 2.40. The van der Waals surface area contributed by atoms with Crippen molar-refractivity contribution in [1.29, 1.82) is 0 Å². The summed E-state index contributed by atoms with van der Waals surface area (Å²) in [4.78, 5) is 1.42. The Balaban J connectivity index is 2.00. The topological polar surface area (TPSA) is 21.3 Å². The first-order valence-corrected chi connectivity index (χ1v) is 7.98. The van der Waals surface area contributed by atoms with Gasteiger partial charge in [-0.1, -0.05) is 6.92 Å². The number of likely N-dealkylation sites (N-methyl/N-ethyl adjacent to an activating group) is 1. The van der Waals surface area contributed by atoms with Crippen LogP contribution in [-0.4, -0.2) is 24.8 Å². The molecule has 2 nitrogen and oxygen atoms in total. The summed E-state index contributed by atoms with van der Waals surface area (Å²) in [5.74, 6) is 0. The van der Waals surface area contributed by atoms with Crippen molar-refractivity contribution >= 4 is 27.3 Å². The molecule has 0 aromatic carbocycles. The van der Waals surface area contributed by atoms with E-state index in [1.807, 2.05) is 11.3 Å². The molecule has 1 saturated heterocycles. The molecule has 1 fully saturated rings. The molecule has 1 aromatic rings. The van der Waals surface area contributed by atoms with Gasteiger partial charge in [0.2, 0.25) is 0 Å². The first kappa shape index (κ1) is 13.5. The second-order valence-electron chi connectivity index (χ2n) is 4.62. The number of ether oxygens (including phenoxy) is 1. The van der Waals surface area contributed by atoms with Crippen molar-refractivity contribution in [2.45, 2.75) is 51.4 Å². The number of hydrogen-bond acceptors (Lipinski definition) is 3. The van der Waals surface area contributed by atoms with Gasteiger partial charge in [-0.25, -0.2) is 0 Å². The molecule has 1 aromatic heterocycles. The van der Waals surface area contributed by atoms with Crippen LogP contribution in [-0.2, 0) is 11.2 Å². The lowest BCUT2D eigenvalue weighted by molar-refractivity contribution is 0.0325. The Bertz CT molecular complexity index is 355. The van der Waals surface area contributed by atoms with Gasteiger partial charge in [0.1, 0.15) is 0 Å². The molecule has 96 valence electrons. The predicted molar refractivity (Wildman–Crippen MR) is 76.8 cm³/mol. The number of halogens is 1. The third kappa shape index (κ3) is 3.53. The molecule has 4 heteroatoms. The van der Waals surface area contributed by atoms with Gasteiger partial charge in [0.05, 0.1) is 12.2 Å². The molecule has 3 atom stereocenters. The van der Waals surface area contributed by atoms with Crippen molar-refractivity contribution in [3.8, 4) is 0 Å². The molecule has 3 unspecified atom stereocenters. The lowest BCUT2D eigenvalue weighted by atomic mass is 10.0. The van der Waals surface area contributed by atoms with Crippen molar-refractivity contribution in [2.24, 2.45) is 0 Å². The molecule has 0 radical (unpaired) electrons. The first-order valence-electron chi connectivity index (χ1n) is 6.31. The van der Waals surface area contributed by atoms with E-state index in [0.717, 1.165) is 13.0 Å². The summed E-state index contributed by atoms with van der Waals surface area (Å²) in [6.07, 6.45) is 4.23. The molecule has 0 spiro atoms. The van der Waals surface area contributed by atoms with Crippen molar-refractivity contribution < 1.29 is 4.74 Å². The summed E-state index contributed by atoms with van der Waals surface area (Å²) in [6.45, 7) is 5.33. The van der Waals surface area contributed by atoms with E-state index in [-0.39, 0.29) is 0 Å². The maximum atomic E-state index is 5.99. The highest BCUT2D eigenvalue weighted by Crippen LogP contribution is 2.28. The number of thiophene rings is 1. The smallest absolute Gasteiger partial charge is 0.0736 e. The van der Waals surface area contributed by atoms with Gasteiger partial charge in [0.15, 0.2) is 0 Å². The molecule has 1 N–H and O–H groups in total. The maximum absolute atomic E-state index is 5.99. The van der Waals surface area contributed by atoms with Gasteiger partial charge in [0.25, 0.3) is 0 Å². The van der Waals surface area contributed by atoms with E-state index < -0.39 is 0 Å². The van der Waals surface area contributed by atoms with E-state index >= 15 is 0 Å². The molecule has 2 heterocycles. The van der Waals surface area contributed by atoms with Gasteiger partial charge in [-0.05, 0) is 53.7 Å². The minimum atomic E-state index is 0.374. The van der Waals surface area contributed by atoms with Crippen molar-refractivity contribution in [3.63, 3.8) is 0 Å². The summed E-state index contributed by atoms with van der Waals surface area (Å²) < 4.78 is 7.22. The largest absolute Gasteiger partial charge is 0.374 e. The van der Waals surface area contributed by atoms with E-state index in [1.54, 1.807) is 0 Å². The molecular formula is C13H20BrNOS. The van der Waals surface area contributed by atoms with Gasteiger partial charge in [-0.2, -0.15) is 0 Å². The van der Waals surface area contributed by atoms with Crippen molar-refractivity contribution in [1.82, 2.24) is 5.32 Å². The third-order valence-corrected chi connectivity index (χ3v) is 5.22. The van der Waals surface area contributed by atoms with Gasteiger partial charge in [-0.3, -0.25) is 0 Å². The standard InChI is InChI=1S/C13H20BrNOS/c1-3-15-11(12-5-4-9(2)16-12)8-13-10(14)6-7-17-13/h6-7,9,11-12,15H,3-5,8H2,1-2H3. The minimum absolute atomic E-state index is 0.374. The molecule has 0 saturated carbocycles. The number of nitrogens with one attached hydrogen (secondary N) is 1. The summed E-state index contributed by atoms with van der Waals surface area (Å²) in [6, 6.07) is 2.57. The molecular weight excluding hydrogens is 298 g/mol. The van der Waals surface area contributed by atoms with Gasteiger partial charge in [0, 0.05) is 21.8 Å². The summed E-state index contributed by atoms with van der Waals surface area (Å²) in [7, 11) is 0. The molecule has 1 aliphatic rings. The number of rotatable bonds is 5. The highest BCUT2D eigenvalue weighted by molar-refractivity contribution is 9.10. The first-order chi connectivity index (χ1) is 8.20. The summed E-state index contributed by atoms with van der Waals surface area (Å²) in [5.41, 5.74) is 0. The van der Waals surface area contributed by atoms with Crippen LogP contribution < -0.4 is 5.32 Å². The third-order valence-electron chi connectivity index (χ3n) is 3.28. The molecule has 0 aliphatic carbocycles. The Labute approximate surface area is 116 Å². The summed E-state index contributed by atoms with van der Waals surface area (Å²) >= 11 is 5.43. The van der Waals surface area contributed by atoms with Crippen LogP contribution in [0.3, 0.4) is 0 Å². The highest BCUT2D eigenvalue weighted by atomic mass is 79.9. The monoisotopic (exact) mass is 317 g/mol. The van der Waals surface area contributed by atoms with E-state index in [4.69, 9.17) is 4.74 Å². The highest BCUT2D eigenvalue weighted by Gasteiger charge is 2.29. The lowest BCUT2D eigenvalue weighted by Gasteiger charge is -2.24.